The molecule has 0 aromatic carbocycles. The molecule has 0 radical (unpaired) electrons. The first-order valence-corrected chi connectivity index (χ1v) is 4.82. The number of carboxylic acid groups (broad SMARTS) is 1. The Morgan fingerprint density at radius 2 is 2.07 bits per heavy atom. The van der Waals surface area contributed by atoms with Gasteiger partial charge in [0.1, 0.15) is 0 Å². The predicted octanol–water partition coefficient (Wildman–Crippen LogP) is 1.38. The van der Waals surface area contributed by atoms with E-state index >= 15 is 0 Å². The Morgan fingerprint density at radius 3 is 2.47 bits per heavy atom. The first-order valence-electron chi connectivity index (χ1n) is 4.82. The van der Waals surface area contributed by atoms with E-state index in [1.807, 2.05) is 26.0 Å². The summed E-state index contributed by atoms with van der Waals surface area (Å²) in [6.07, 6.45) is 3.33. The van der Waals surface area contributed by atoms with Gasteiger partial charge in [0, 0.05) is 23.9 Å². The van der Waals surface area contributed by atoms with Gasteiger partial charge < -0.3 is 10.8 Å². The molecule has 3 N–H and O–H groups in total. The molecular formula is C11H16N2O2. The molecule has 0 spiro atoms. The van der Waals surface area contributed by atoms with Crippen molar-refractivity contribution in [3.63, 3.8) is 0 Å². The van der Waals surface area contributed by atoms with Crippen LogP contribution in [0, 0.1) is 0 Å². The molecule has 0 amide bonds. The number of aliphatic carboxylic acids is 1. The Morgan fingerprint density at radius 1 is 1.53 bits per heavy atom. The second-order valence-corrected chi connectivity index (χ2v) is 4.25. The van der Waals surface area contributed by atoms with Crippen molar-refractivity contribution in [2.24, 2.45) is 5.73 Å². The van der Waals surface area contributed by atoms with E-state index in [1.54, 1.807) is 12.4 Å². The number of nitrogens with two attached hydrogens (primary N) is 1. The smallest absolute Gasteiger partial charge is 0.304 e. The first kappa shape index (κ1) is 11.7. The Bertz CT molecular complexity index is 330. The summed E-state index contributed by atoms with van der Waals surface area (Å²) >= 11 is 0. The standard InChI is InChI=1S/C11H16N2O2/c1-11(2,12)9(7-10(14)15)8-3-5-13-6-4-8/h3-6,9H,7,12H2,1-2H3,(H,14,15). The van der Waals surface area contributed by atoms with Crippen LogP contribution in [0.2, 0.25) is 0 Å². The van der Waals surface area contributed by atoms with Crippen LogP contribution in [-0.2, 0) is 4.79 Å². The van der Waals surface area contributed by atoms with Gasteiger partial charge in [0.2, 0.25) is 0 Å². The molecule has 1 aromatic heterocycles. The van der Waals surface area contributed by atoms with Crippen molar-refractivity contribution in [1.29, 1.82) is 0 Å². The van der Waals surface area contributed by atoms with Crippen LogP contribution in [0.1, 0.15) is 31.7 Å². The number of carbonyl (C=O) groups is 1. The minimum absolute atomic E-state index is 0.0352. The molecule has 0 saturated carbocycles. The van der Waals surface area contributed by atoms with Crippen LogP contribution in [-0.4, -0.2) is 21.6 Å². The normalized spacial score (nSPS) is 13.5. The van der Waals surface area contributed by atoms with Gasteiger partial charge in [0.15, 0.2) is 0 Å². The average molecular weight is 208 g/mol. The van der Waals surface area contributed by atoms with Gasteiger partial charge in [-0.05, 0) is 31.5 Å². The number of nitrogens with zero attached hydrogens (tertiary/aromatic N) is 1. The minimum atomic E-state index is -0.838. The maximum atomic E-state index is 10.8. The molecule has 1 unspecified atom stereocenters. The number of rotatable bonds is 4. The van der Waals surface area contributed by atoms with Crippen molar-refractivity contribution in [2.75, 3.05) is 0 Å². The van der Waals surface area contributed by atoms with Crippen LogP contribution in [0.25, 0.3) is 0 Å². The first-order chi connectivity index (χ1) is 6.91. The third-order valence-electron chi connectivity index (χ3n) is 2.39. The van der Waals surface area contributed by atoms with Crippen LogP contribution < -0.4 is 5.73 Å². The summed E-state index contributed by atoms with van der Waals surface area (Å²) < 4.78 is 0. The van der Waals surface area contributed by atoms with E-state index in [9.17, 15) is 4.79 Å². The highest BCUT2D eigenvalue weighted by molar-refractivity contribution is 5.68. The monoisotopic (exact) mass is 208 g/mol. The van der Waals surface area contributed by atoms with Gasteiger partial charge in [-0.2, -0.15) is 0 Å². The lowest BCUT2D eigenvalue weighted by Crippen LogP contribution is -2.40. The van der Waals surface area contributed by atoms with E-state index in [-0.39, 0.29) is 12.3 Å². The highest BCUT2D eigenvalue weighted by Gasteiger charge is 2.28. The number of hydrogen-bond acceptors (Lipinski definition) is 3. The number of pyridine rings is 1. The van der Waals surface area contributed by atoms with E-state index in [0.717, 1.165) is 5.56 Å². The average Bonchev–Trinajstić information content (AvgIpc) is 2.14. The molecule has 0 saturated heterocycles. The molecule has 1 rings (SSSR count). The van der Waals surface area contributed by atoms with Crippen molar-refractivity contribution >= 4 is 5.97 Å². The molecule has 0 fully saturated rings. The summed E-state index contributed by atoms with van der Waals surface area (Å²) in [4.78, 5) is 14.7. The molecule has 0 aliphatic heterocycles. The van der Waals surface area contributed by atoms with Gasteiger partial charge in [0.25, 0.3) is 0 Å². The van der Waals surface area contributed by atoms with Gasteiger partial charge in [-0.1, -0.05) is 0 Å². The van der Waals surface area contributed by atoms with Crippen molar-refractivity contribution in [3.05, 3.63) is 30.1 Å². The summed E-state index contributed by atoms with van der Waals surface area (Å²) in [6.45, 7) is 3.67. The Balaban J connectivity index is 2.97. The second kappa shape index (κ2) is 4.40. The Labute approximate surface area is 89.1 Å². The van der Waals surface area contributed by atoms with E-state index in [1.165, 1.54) is 0 Å². The maximum Gasteiger partial charge on any atom is 0.304 e. The van der Waals surface area contributed by atoms with Crippen molar-refractivity contribution in [2.45, 2.75) is 31.7 Å². The van der Waals surface area contributed by atoms with E-state index in [2.05, 4.69) is 4.98 Å². The highest BCUT2D eigenvalue weighted by atomic mass is 16.4. The third-order valence-corrected chi connectivity index (χ3v) is 2.39. The fourth-order valence-electron chi connectivity index (χ4n) is 1.58. The lowest BCUT2D eigenvalue weighted by atomic mass is 9.81. The molecule has 15 heavy (non-hydrogen) atoms. The van der Waals surface area contributed by atoms with Gasteiger partial charge in [-0.3, -0.25) is 9.78 Å². The molecule has 0 aliphatic rings. The van der Waals surface area contributed by atoms with E-state index in [4.69, 9.17) is 10.8 Å². The van der Waals surface area contributed by atoms with E-state index < -0.39 is 11.5 Å². The molecule has 82 valence electrons. The molecule has 4 nitrogen and oxygen atoms in total. The van der Waals surface area contributed by atoms with Crippen LogP contribution in [0.15, 0.2) is 24.5 Å². The van der Waals surface area contributed by atoms with Crippen LogP contribution in [0.4, 0.5) is 0 Å². The molecule has 1 atom stereocenters. The zero-order valence-electron chi connectivity index (χ0n) is 8.97. The van der Waals surface area contributed by atoms with Gasteiger partial charge in [0.05, 0.1) is 6.42 Å². The van der Waals surface area contributed by atoms with Crippen LogP contribution in [0.5, 0.6) is 0 Å². The molecule has 4 heteroatoms. The summed E-state index contributed by atoms with van der Waals surface area (Å²) in [5.41, 5.74) is 6.34. The third kappa shape index (κ3) is 3.32. The van der Waals surface area contributed by atoms with Gasteiger partial charge >= 0.3 is 5.97 Å². The zero-order chi connectivity index (χ0) is 11.5. The summed E-state index contributed by atoms with van der Waals surface area (Å²) in [5, 5.41) is 8.84. The van der Waals surface area contributed by atoms with Crippen molar-refractivity contribution < 1.29 is 9.90 Å². The number of carboxylic acids is 1. The van der Waals surface area contributed by atoms with Gasteiger partial charge in [-0.25, -0.2) is 0 Å². The molecular weight excluding hydrogens is 192 g/mol. The van der Waals surface area contributed by atoms with Crippen LogP contribution >= 0.6 is 0 Å². The second-order valence-electron chi connectivity index (χ2n) is 4.25. The summed E-state index contributed by atoms with van der Waals surface area (Å²) in [7, 11) is 0. The number of aromatic nitrogens is 1. The van der Waals surface area contributed by atoms with E-state index in [0.29, 0.717) is 0 Å². The van der Waals surface area contributed by atoms with Crippen molar-refractivity contribution in [1.82, 2.24) is 4.98 Å². The lowest BCUT2D eigenvalue weighted by Gasteiger charge is -2.29. The summed E-state index contributed by atoms with van der Waals surface area (Å²) in [6, 6.07) is 3.62. The Hall–Kier alpha value is -1.42. The summed E-state index contributed by atoms with van der Waals surface area (Å²) in [5.74, 6) is -1.03. The largest absolute Gasteiger partial charge is 0.481 e. The highest BCUT2D eigenvalue weighted by Crippen LogP contribution is 2.28. The minimum Gasteiger partial charge on any atom is -0.481 e. The molecule has 1 aromatic rings. The quantitative estimate of drug-likeness (QED) is 0.783. The number of hydrogen-bond donors (Lipinski definition) is 2. The zero-order valence-corrected chi connectivity index (χ0v) is 8.97. The topological polar surface area (TPSA) is 76.2 Å². The van der Waals surface area contributed by atoms with Crippen molar-refractivity contribution in [3.8, 4) is 0 Å². The SMILES string of the molecule is CC(C)(N)C(CC(=O)O)c1ccncc1. The fraction of sp³-hybridized carbons (Fsp3) is 0.455. The molecule has 0 aliphatic carbocycles. The van der Waals surface area contributed by atoms with Crippen LogP contribution in [0.3, 0.4) is 0 Å². The fourth-order valence-corrected chi connectivity index (χ4v) is 1.58. The Kier molecular flexibility index (Phi) is 3.42. The predicted molar refractivity (Wildman–Crippen MR) is 57.5 cm³/mol. The lowest BCUT2D eigenvalue weighted by molar-refractivity contribution is -0.137. The molecule has 0 bridgehead atoms. The maximum absolute atomic E-state index is 10.8. The molecule has 1 heterocycles. The van der Waals surface area contributed by atoms with Gasteiger partial charge in [-0.15, -0.1) is 0 Å².